The highest BCUT2D eigenvalue weighted by atomic mass is 35.5. The molecule has 0 aliphatic carbocycles. The van der Waals surface area contributed by atoms with Crippen molar-refractivity contribution in [2.24, 2.45) is 0 Å². The van der Waals surface area contributed by atoms with E-state index in [4.69, 9.17) is 16.7 Å². The molecule has 2 aromatic rings. The van der Waals surface area contributed by atoms with Crippen molar-refractivity contribution in [3.05, 3.63) is 47.2 Å². The molecule has 1 atom stereocenters. The van der Waals surface area contributed by atoms with Gasteiger partial charge in [0.1, 0.15) is 16.9 Å². The molecule has 2 heterocycles. The first-order valence-electron chi connectivity index (χ1n) is 12.5. The molecule has 0 saturated carbocycles. The Morgan fingerprint density at radius 2 is 1.78 bits per heavy atom. The van der Waals surface area contributed by atoms with Crippen LogP contribution >= 0.6 is 11.6 Å². The highest BCUT2D eigenvalue weighted by Crippen LogP contribution is 2.18. The number of aromatic nitrogens is 2. The lowest BCUT2D eigenvalue weighted by atomic mass is 10.1. The van der Waals surface area contributed by atoms with E-state index < -0.39 is 17.9 Å². The number of rotatable bonds is 12. The predicted octanol–water partition coefficient (Wildman–Crippen LogP) is 3.48. The Labute approximate surface area is 216 Å². The van der Waals surface area contributed by atoms with E-state index in [0.717, 1.165) is 44.5 Å². The van der Waals surface area contributed by atoms with Crippen LogP contribution in [0, 0.1) is 0 Å². The quantitative estimate of drug-likeness (QED) is 0.328. The summed E-state index contributed by atoms with van der Waals surface area (Å²) in [6.45, 7) is 5.48. The van der Waals surface area contributed by atoms with Gasteiger partial charge in [0.2, 0.25) is 5.91 Å². The summed E-state index contributed by atoms with van der Waals surface area (Å²) in [4.78, 5) is 49.8. The summed E-state index contributed by atoms with van der Waals surface area (Å²) in [5, 5.41) is 11.8. The van der Waals surface area contributed by atoms with Crippen molar-refractivity contribution in [1.29, 1.82) is 0 Å². The second-order valence-electron chi connectivity index (χ2n) is 8.95. The van der Waals surface area contributed by atoms with E-state index >= 15 is 0 Å². The van der Waals surface area contributed by atoms with Gasteiger partial charge in [-0.2, -0.15) is 0 Å². The van der Waals surface area contributed by atoms with Crippen LogP contribution in [0.2, 0.25) is 5.15 Å². The zero-order chi connectivity index (χ0) is 25.9. The molecule has 0 radical (unpaired) electrons. The summed E-state index contributed by atoms with van der Waals surface area (Å²) in [5.74, 6) is -0.968. The van der Waals surface area contributed by atoms with Crippen molar-refractivity contribution in [3.63, 3.8) is 0 Å². The molecule has 2 amide bonds. The van der Waals surface area contributed by atoms with Gasteiger partial charge in [0, 0.05) is 44.2 Å². The predicted molar refractivity (Wildman–Crippen MR) is 138 cm³/mol. The molecule has 1 aliphatic heterocycles. The normalized spacial score (nSPS) is 14.9. The molecule has 194 valence electrons. The smallest absolute Gasteiger partial charge is 0.303 e. The number of carboxylic acids is 1. The Hall–Kier alpha value is -3.04. The highest BCUT2D eigenvalue weighted by Gasteiger charge is 2.29. The van der Waals surface area contributed by atoms with E-state index in [1.807, 2.05) is 37.3 Å². The summed E-state index contributed by atoms with van der Waals surface area (Å²) >= 11 is 6.18. The van der Waals surface area contributed by atoms with E-state index in [1.165, 1.54) is 6.07 Å². The Morgan fingerprint density at radius 3 is 2.44 bits per heavy atom. The lowest BCUT2D eigenvalue weighted by molar-refractivity contribution is -0.137. The van der Waals surface area contributed by atoms with Gasteiger partial charge in [-0.1, -0.05) is 61.7 Å². The largest absolute Gasteiger partial charge is 0.481 e. The number of halogens is 1. The van der Waals surface area contributed by atoms with Gasteiger partial charge < -0.3 is 15.3 Å². The molecule has 1 aliphatic rings. The number of unbranched alkanes of at least 4 members (excludes halogenated alkanes) is 2. The first kappa shape index (κ1) is 27.5. The zero-order valence-electron chi connectivity index (χ0n) is 20.7. The first-order chi connectivity index (χ1) is 17.4. The van der Waals surface area contributed by atoms with Crippen molar-refractivity contribution in [3.8, 4) is 11.4 Å². The number of benzene rings is 1. The van der Waals surface area contributed by atoms with Crippen LogP contribution in [0.5, 0.6) is 0 Å². The van der Waals surface area contributed by atoms with Crippen molar-refractivity contribution in [1.82, 2.24) is 25.1 Å². The van der Waals surface area contributed by atoms with Gasteiger partial charge in [-0.05, 0) is 25.8 Å². The van der Waals surface area contributed by atoms with Crippen LogP contribution in [-0.2, 0) is 9.59 Å². The molecule has 1 aromatic carbocycles. The number of carbonyl (C=O) groups is 3. The van der Waals surface area contributed by atoms with Gasteiger partial charge in [0.05, 0.1) is 0 Å². The van der Waals surface area contributed by atoms with Gasteiger partial charge >= 0.3 is 5.97 Å². The zero-order valence-corrected chi connectivity index (χ0v) is 21.4. The average molecular weight is 516 g/mol. The molecule has 1 fully saturated rings. The molecular weight excluding hydrogens is 482 g/mol. The number of nitrogens with one attached hydrogen (secondary N) is 1. The fourth-order valence-corrected chi connectivity index (χ4v) is 4.36. The number of piperazine rings is 1. The minimum Gasteiger partial charge on any atom is -0.481 e. The first-order valence-corrected chi connectivity index (χ1v) is 12.9. The summed E-state index contributed by atoms with van der Waals surface area (Å²) < 4.78 is 0. The van der Waals surface area contributed by atoms with Gasteiger partial charge in [-0.3, -0.25) is 19.3 Å². The maximum absolute atomic E-state index is 13.3. The molecular formula is C26H34ClN5O4. The van der Waals surface area contributed by atoms with E-state index in [-0.39, 0.29) is 23.2 Å². The molecule has 36 heavy (non-hydrogen) atoms. The maximum atomic E-state index is 13.3. The van der Waals surface area contributed by atoms with Gasteiger partial charge in [0.15, 0.2) is 5.82 Å². The second-order valence-corrected chi connectivity index (χ2v) is 9.34. The molecule has 1 saturated heterocycles. The summed E-state index contributed by atoms with van der Waals surface area (Å²) in [6.07, 6.45) is 3.91. The number of aliphatic carboxylic acids is 1. The topological polar surface area (TPSA) is 116 Å². The average Bonchev–Trinajstić information content (AvgIpc) is 2.89. The molecule has 0 unspecified atom stereocenters. The lowest BCUT2D eigenvalue weighted by Crippen LogP contribution is -2.55. The summed E-state index contributed by atoms with van der Waals surface area (Å²) in [5.41, 5.74) is 0.864. The number of amides is 2. The second kappa shape index (κ2) is 13.9. The fraction of sp³-hybridized carbons (Fsp3) is 0.500. The molecule has 10 heteroatoms. The minimum atomic E-state index is -0.772. The third-order valence-electron chi connectivity index (χ3n) is 6.21. The van der Waals surface area contributed by atoms with Crippen LogP contribution in [0.3, 0.4) is 0 Å². The van der Waals surface area contributed by atoms with E-state index in [2.05, 4.69) is 20.2 Å². The van der Waals surface area contributed by atoms with E-state index in [1.54, 1.807) is 4.90 Å². The SMILES string of the molecule is CCCC[C@H](NC(=O)c1cc(Cl)nc(-c2ccccc2)n1)C(=O)N1CCN(CCCCC(=O)O)CC1. The number of nitrogens with zero attached hydrogens (tertiary/aromatic N) is 4. The number of carbonyl (C=O) groups excluding carboxylic acids is 2. The number of hydrogen-bond acceptors (Lipinski definition) is 6. The number of hydrogen-bond donors (Lipinski definition) is 2. The Bertz CT molecular complexity index is 1030. The molecule has 1 aromatic heterocycles. The molecule has 3 rings (SSSR count). The molecule has 2 N–H and O–H groups in total. The Morgan fingerprint density at radius 1 is 1.06 bits per heavy atom. The van der Waals surface area contributed by atoms with Gasteiger partial charge in [0.25, 0.3) is 5.91 Å². The Kier molecular flexibility index (Phi) is 10.6. The van der Waals surface area contributed by atoms with Crippen LogP contribution in [0.4, 0.5) is 0 Å². The van der Waals surface area contributed by atoms with Crippen molar-refractivity contribution in [2.75, 3.05) is 32.7 Å². The van der Waals surface area contributed by atoms with E-state index in [0.29, 0.717) is 31.8 Å². The van der Waals surface area contributed by atoms with Crippen LogP contribution in [0.1, 0.15) is 55.9 Å². The summed E-state index contributed by atoms with van der Waals surface area (Å²) in [6, 6.07) is 10.0. The van der Waals surface area contributed by atoms with Crippen molar-refractivity contribution >= 4 is 29.4 Å². The molecule has 0 spiro atoms. The third kappa shape index (κ3) is 8.27. The standard InChI is InChI=1S/C26H34ClN5O4/c1-2-3-11-20(26(36)32-16-14-31(15-17-32)13-8-7-12-23(33)34)29-25(35)21-18-22(27)30-24(28-21)19-9-5-4-6-10-19/h4-6,9-10,18,20H,2-3,7-8,11-17H2,1H3,(H,29,35)(H,33,34)/t20-/m0/s1. The molecule has 0 bridgehead atoms. The summed E-state index contributed by atoms with van der Waals surface area (Å²) in [7, 11) is 0. The van der Waals surface area contributed by atoms with Gasteiger partial charge in [-0.25, -0.2) is 9.97 Å². The van der Waals surface area contributed by atoms with Crippen molar-refractivity contribution < 1.29 is 19.5 Å². The Balaban J connectivity index is 1.61. The fourth-order valence-electron chi connectivity index (χ4n) is 4.17. The lowest BCUT2D eigenvalue weighted by Gasteiger charge is -2.36. The van der Waals surface area contributed by atoms with E-state index in [9.17, 15) is 14.4 Å². The monoisotopic (exact) mass is 515 g/mol. The minimum absolute atomic E-state index is 0.0919. The highest BCUT2D eigenvalue weighted by molar-refractivity contribution is 6.29. The van der Waals surface area contributed by atoms with Crippen molar-refractivity contribution in [2.45, 2.75) is 51.5 Å². The number of carboxylic acid groups (broad SMARTS) is 1. The van der Waals surface area contributed by atoms with Gasteiger partial charge in [-0.15, -0.1) is 0 Å². The van der Waals surface area contributed by atoms with Crippen LogP contribution in [0.25, 0.3) is 11.4 Å². The maximum Gasteiger partial charge on any atom is 0.303 e. The van der Waals surface area contributed by atoms with Crippen LogP contribution in [0.15, 0.2) is 36.4 Å². The molecule has 9 nitrogen and oxygen atoms in total. The third-order valence-corrected chi connectivity index (χ3v) is 6.40. The van der Waals surface area contributed by atoms with Crippen LogP contribution < -0.4 is 5.32 Å². The van der Waals surface area contributed by atoms with Crippen LogP contribution in [-0.4, -0.2) is 81.4 Å².